The first-order valence-electron chi connectivity index (χ1n) is 5.53. The van der Waals surface area contributed by atoms with Crippen molar-refractivity contribution in [3.05, 3.63) is 49.2 Å². The molecule has 1 rings (SSSR count). The number of rotatable bonds is 4. The summed E-state index contributed by atoms with van der Waals surface area (Å²) >= 11 is 0. The lowest BCUT2D eigenvalue weighted by Crippen LogP contribution is -2.04. The van der Waals surface area contributed by atoms with Crippen LogP contribution in [0.5, 0.6) is 0 Å². The maximum Gasteiger partial charge on any atom is 0.302 e. The van der Waals surface area contributed by atoms with Crippen molar-refractivity contribution in [2.45, 2.75) is 13.8 Å². The summed E-state index contributed by atoms with van der Waals surface area (Å²) in [6, 6.07) is 4.38. The fourth-order valence-corrected chi connectivity index (χ4v) is 1.72. The van der Waals surface area contributed by atoms with Crippen LogP contribution >= 0.6 is 0 Å². The number of nitro groups is 2. The Morgan fingerprint density at radius 2 is 1.81 bits per heavy atom. The summed E-state index contributed by atoms with van der Waals surface area (Å²) in [6.07, 6.45) is 1.01. The Bertz CT molecular complexity index is 723. The second kappa shape index (κ2) is 6.12. The maximum absolute atomic E-state index is 11.1. The molecule has 0 saturated heterocycles. The molecule has 1 aromatic carbocycles. The molecule has 0 unspecified atom stereocenters. The highest BCUT2D eigenvalue weighted by atomic mass is 16.6. The van der Waals surface area contributed by atoms with Gasteiger partial charge in [-0.3, -0.25) is 20.2 Å². The van der Waals surface area contributed by atoms with Crippen molar-refractivity contribution < 1.29 is 9.85 Å². The number of allylic oxidation sites excluding steroid dienone is 1. The molecule has 0 aromatic heterocycles. The quantitative estimate of drug-likeness (QED) is 0.508. The van der Waals surface area contributed by atoms with Gasteiger partial charge >= 0.3 is 5.69 Å². The van der Waals surface area contributed by atoms with Gasteiger partial charge in [0.1, 0.15) is 29.0 Å². The van der Waals surface area contributed by atoms with Gasteiger partial charge in [-0.05, 0) is 19.4 Å². The van der Waals surface area contributed by atoms with Gasteiger partial charge in [0.05, 0.1) is 9.85 Å². The Labute approximate surface area is 119 Å². The fraction of sp³-hybridized carbons (Fsp3) is 0.167. The molecule has 0 spiro atoms. The lowest BCUT2D eigenvalue weighted by Gasteiger charge is -2.09. The first kappa shape index (κ1) is 15.6. The van der Waals surface area contributed by atoms with Gasteiger partial charge in [0.25, 0.3) is 5.69 Å². The van der Waals surface area contributed by atoms with Gasteiger partial charge in [0.15, 0.2) is 0 Å². The van der Waals surface area contributed by atoms with Crippen LogP contribution in [0, 0.1) is 56.7 Å². The Balaban J connectivity index is 3.54. The molecule has 0 radical (unpaired) electrons. The highest BCUT2D eigenvalue weighted by Crippen LogP contribution is 2.37. The molecule has 106 valence electrons. The van der Waals surface area contributed by atoms with Crippen molar-refractivity contribution in [1.82, 2.24) is 0 Å². The number of nitrogens with zero attached hydrogens (tertiary/aromatic N) is 4. The lowest BCUT2D eigenvalue weighted by atomic mass is 10.1. The Kier molecular flexibility index (Phi) is 4.55. The van der Waals surface area contributed by atoms with E-state index in [2.05, 4.69) is 5.32 Å². The van der Waals surface area contributed by atoms with Crippen LogP contribution in [0.1, 0.15) is 11.1 Å². The second-order valence-corrected chi connectivity index (χ2v) is 4.00. The van der Waals surface area contributed by atoms with E-state index in [1.165, 1.54) is 19.9 Å². The molecule has 0 amide bonds. The summed E-state index contributed by atoms with van der Waals surface area (Å²) in [5, 5.41) is 41.8. The summed E-state index contributed by atoms with van der Waals surface area (Å²) < 4.78 is 0. The molecule has 0 fully saturated rings. The van der Waals surface area contributed by atoms with Gasteiger partial charge in [0, 0.05) is 12.3 Å². The van der Waals surface area contributed by atoms with Crippen molar-refractivity contribution in [3.8, 4) is 12.1 Å². The zero-order chi connectivity index (χ0) is 16.2. The van der Waals surface area contributed by atoms with Gasteiger partial charge in [-0.2, -0.15) is 10.5 Å². The van der Waals surface area contributed by atoms with Crippen molar-refractivity contribution in [2.24, 2.45) is 0 Å². The van der Waals surface area contributed by atoms with Gasteiger partial charge < -0.3 is 5.32 Å². The molecule has 1 N–H and O–H groups in total. The number of hydrogen-bond acceptors (Lipinski definition) is 7. The largest absolute Gasteiger partial charge is 0.354 e. The molecular weight excluding hydrogens is 278 g/mol. The van der Waals surface area contributed by atoms with E-state index in [1.807, 2.05) is 0 Å². The summed E-state index contributed by atoms with van der Waals surface area (Å²) in [5.41, 5.74) is -0.957. The maximum atomic E-state index is 11.1. The molecule has 0 aliphatic carbocycles. The number of nitrogens with one attached hydrogen (secondary N) is 1. The summed E-state index contributed by atoms with van der Waals surface area (Å²) in [6.45, 7) is 2.72. The Hall–Kier alpha value is -3.46. The number of anilines is 1. The molecule has 0 heterocycles. The molecule has 0 bridgehead atoms. The molecule has 21 heavy (non-hydrogen) atoms. The third-order valence-electron chi connectivity index (χ3n) is 2.70. The highest BCUT2D eigenvalue weighted by Gasteiger charge is 2.27. The minimum atomic E-state index is -0.746. The summed E-state index contributed by atoms with van der Waals surface area (Å²) in [4.78, 5) is 20.6. The predicted octanol–water partition coefficient (Wildman–Crippen LogP) is 2.46. The summed E-state index contributed by atoms with van der Waals surface area (Å²) in [5.74, 6) is 0. The van der Waals surface area contributed by atoms with E-state index >= 15 is 0 Å². The monoisotopic (exact) mass is 287 g/mol. The van der Waals surface area contributed by atoms with E-state index in [0.717, 1.165) is 6.20 Å². The average molecular weight is 287 g/mol. The fourth-order valence-electron chi connectivity index (χ4n) is 1.72. The minimum absolute atomic E-state index is 0.00565. The van der Waals surface area contributed by atoms with Crippen molar-refractivity contribution >= 4 is 17.1 Å². The third kappa shape index (κ3) is 3.11. The van der Waals surface area contributed by atoms with Crippen molar-refractivity contribution in [2.75, 3.05) is 5.32 Å². The normalized spacial score (nSPS) is 9.14. The number of nitriles is 2. The first-order valence-corrected chi connectivity index (χ1v) is 5.53. The topological polar surface area (TPSA) is 146 Å². The van der Waals surface area contributed by atoms with Crippen LogP contribution in [0.2, 0.25) is 0 Å². The van der Waals surface area contributed by atoms with Crippen LogP contribution in [-0.2, 0) is 0 Å². The van der Waals surface area contributed by atoms with Gasteiger partial charge in [-0.25, -0.2) is 0 Å². The smallest absolute Gasteiger partial charge is 0.302 e. The van der Waals surface area contributed by atoms with Gasteiger partial charge in [-0.1, -0.05) is 0 Å². The van der Waals surface area contributed by atoms with E-state index in [9.17, 15) is 20.2 Å². The molecule has 9 heteroatoms. The van der Waals surface area contributed by atoms with Crippen molar-refractivity contribution in [3.63, 3.8) is 0 Å². The third-order valence-corrected chi connectivity index (χ3v) is 2.70. The van der Waals surface area contributed by atoms with E-state index in [4.69, 9.17) is 10.5 Å². The molecule has 0 aliphatic heterocycles. The van der Waals surface area contributed by atoms with E-state index in [0.29, 0.717) is 0 Å². The second-order valence-electron chi connectivity index (χ2n) is 4.00. The molecule has 0 saturated carbocycles. The van der Waals surface area contributed by atoms with Crippen LogP contribution in [0.15, 0.2) is 17.8 Å². The number of hydrogen-bond donors (Lipinski definition) is 1. The average Bonchev–Trinajstić information content (AvgIpc) is 2.42. The van der Waals surface area contributed by atoms with E-state index < -0.39 is 15.5 Å². The number of aryl methyl sites for hydroxylation is 1. The van der Waals surface area contributed by atoms with Crippen LogP contribution in [0.3, 0.4) is 0 Å². The van der Waals surface area contributed by atoms with Crippen LogP contribution in [0.4, 0.5) is 17.1 Å². The minimum Gasteiger partial charge on any atom is -0.354 e. The Morgan fingerprint density at radius 1 is 1.24 bits per heavy atom. The molecule has 0 aliphatic rings. The zero-order valence-corrected chi connectivity index (χ0v) is 11.1. The SMILES string of the molecule is Cc1cc([N+](=O)[O-])c(C)c([N+](=O)[O-])c1NC=C(C#N)C#N. The number of benzene rings is 1. The van der Waals surface area contributed by atoms with Crippen LogP contribution in [-0.4, -0.2) is 9.85 Å². The van der Waals surface area contributed by atoms with E-state index in [1.54, 1.807) is 12.1 Å². The van der Waals surface area contributed by atoms with Gasteiger partial charge in [0.2, 0.25) is 0 Å². The predicted molar refractivity (Wildman–Crippen MR) is 72.2 cm³/mol. The Morgan fingerprint density at radius 3 is 2.24 bits per heavy atom. The van der Waals surface area contributed by atoms with Crippen molar-refractivity contribution in [1.29, 1.82) is 10.5 Å². The van der Waals surface area contributed by atoms with E-state index in [-0.39, 0.29) is 28.1 Å². The van der Waals surface area contributed by atoms with Crippen LogP contribution in [0.25, 0.3) is 0 Å². The molecule has 1 aromatic rings. The first-order chi connectivity index (χ1) is 9.83. The molecular formula is C12H9N5O4. The summed E-state index contributed by atoms with van der Waals surface area (Å²) in [7, 11) is 0. The zero-order valence-electron chi connectivity index (χ0n) is 11.1. The standard InChI is InChI=1S/C12H9N5O4/c1-7-3-10(16(18)19)8(2)12(17(20)21)11(7)15-6-9(4-13)5-14/h3,6,15H,1-2H3. The lowest BCUT2D eigenvalue weighted by molar-refractivity contribution is -0.394. The molecule has 0 atom stereocenters. The molecule has 9 nitrogen and oxygen atoms in total. The number of nitro benzene ring substituents is 2. The van der Waals surface area contributed by atoms with Gasteiger partial charge in [-0.15, -0.1) is 0 Å². The van der Waals surface area contributed by atoms with Crippen LogP contribution < -0.4 is 5.32 Å². The highest BCUT2D eigenvalue weighted by molar-refractivity contribution is 5.75.